The third kappa shape index (κ3) is 4.16. The second kappa shape index (κ2) is 6.72. The molecule has 0 aliphatic heterocycles. The Morgan fingerprint density at radius 1 is 1.15 bits per heavy atom. The molecule has 2 nitrogen and oxygen atoms in total. The molecule has 2 rings (SSSR count). The van der Waals surface area contributed by atoms with Gasteiger partial charge in [0, 0.05) is 5.25 Å². The summed E-state index contributed by atoms with van der Waals surface area (Å²) in [4.78, 5) is 11.5. The summed E-state index contributed by atoms with van der Waals surface area (Å²) in [5.41, 5.74) is 0.315. The molecule has 3 unspecified atom stereocenters. The number of thioether (sulfide) groups is 1. The molecular formula is C17H30O2S. The van der Waals surface area contributed by atoms with Crippen LogP contribution in [0.25, 0.3) is 0 Å². The van der Waals surface area contributed by atoms with Crippen molar-refractivity contribution in [3.8, 4) is 0 Å². The predicted molar refractivity (Wildman–Crippen MR) is 86.1 cm³/mol. The maximum absolute atomic E-state index is 11.5. The lowest BCUT2D eigenvalue weighted by atomic mass is 9.69. The molecule has 0 spiro atoms. The van der Waals surface area contributed by atoms with Crippen molar-refractivity contribution in [2.75, 3.05) is 5.75 Å². The molecule has 0 radical (unpaired) electrons. The third-order valence-corrected chi connectivity index (χ3v) is 6.97. The standard InChI is InChI=1S/C17H30O2S/c1-17(2,3)13-8-9-14(16(18)19)15(10-13)20-11-12-6-4-5-7-12/h12-15H,4-11H2,1-3H3,(H,18,19). The van der Waals surface area contributed by atoms with Crippen molar-refractivity contribution in [3.05, 3.63) is 0 Å². The highest BCUT2D eigenvalue weighted by molar-refractivity contribution is 7.99. The Labute approximate surface area is 128 Å². The second-order valence-corrected chi connectivity index (χ2v) is 9.12. The normalized spacial score (nSPS) is 32.5. The van der Waals surface area contributed by atoms with E-state index in [4.69, 9.17) is 0 Å². The Morgan fingerprint density at radius 3 is 2.35 bits per heavy atom. The van der Waals surface area contributed by atoms with Crippen LogP contribution in [0.5, 0.6) is 0 Å². The molecule has 2 aliphatic rings. The summed E-state index contributed by atoms with van der Waals surface area (Å²) in [6.45, 7) is 6.91. The first-order valence-corrected chi connectivity index (χ1v) is 9.27. The number of hydrogen-bond acceptors (Lipinski definition) is 2. The summed E-state index contributed by atoms with van der Waals surface area (Å²) in [6.07, 6.45) is 8.53. The molecule has 20 heavy (non-hydrogen) atoms. The molecule has 3 heteroatoms. The molecule has 2 fully saturated rings. The first-order chi connectivity index (χ1) is 9.38. The van der Waals surface area contributed by atoms with Crippen molar-refractivity contribution in [2.45, 2.75) is 71.0 Å². The van der Waals surface area contributed by atoms with Crippen molar-refractivity contribution in [1.29, 1.82) is 0 Å². The van der Waals surface area contributed by atoms with Gasteiger partial charge in [0.2, 0.25) is 0 Å². The topological polar surface area (TPSA) is 37.3 Å². The van der Waals surface area contributed by atoms with Gasteiger partial charge in [-0.05, 0) is 55.1 Å². The number of carbonyl (C=O) groups is 1. The molecule has 0 aromatic rings. The van der Waals surface area contributed by atoms with E-state index < -0.39 is 5.97 Å². The van der Waals surface area contributed by atoms with Crippen LogP contribution in [0.1, 0.15) is 65.7 Å². The highest BCUT2D eigenvalue weighted by Crippen LogP contribution is 2.45. The molecule has 0 aromatic heterocycles. The summed E-state index contributed by atoms with van der Waals surface area (Å²) in [5.74, 6) is 2.04. The Hall–Kier alpha value is -0.180. The quantitative estimate of drug-likeness (QED) is 0.808. The van der Waals surface area contributed by atoms with E-state index in [-0.39, 0.29) is 5.92 Å². The smallest absolute Gasteiger partial charge is 0.307 e. The van der Waals surface area contributed by atoms with Crippen LogP contribution in [-0.2, 0) is 4.79 Å². The average molecular weight is 298 g/mol. The first-order valence-electron chi connectivity index (χ1n) is 8.22. The van der Waals surface area contributed by atoms with Crippen molar-refractivity contribution in [1.82, 2.24) is 0 Å². The number of carboxylic acid groups (broad SMARTS) is 1. The fraction of sp³-hybridized carbons (Fsp3) is 0.941. The van der Waals surface area contributed by atoms with E-state index in [0.717, 1.165) is 25.2 Å². The van der Waals surface area contributed by atoms with Crippen LogP contribution in [0.4, 0.5) is 0 Å². The van der Waals surface area contributed by atoms with Gasteiger partial charge in [-0.1, -0.05) is 33.6 Å². The summed E-state index contributed by atoms with van der Waals surface area (Å²) in [5, 5.41) is 9.82. The highest BCUT2D eigenvalue weighted by atomic mass is 32.2. The minimum absolute atomic E-state index is 0.111. The lowest BCUT2D eigenvalue weighted by Gasteiger charge is -2.40. The molecule has 0 aromatic carbocycles. The van der Waals surface area contributed by atoms with E-state index in [9.17, 15) is 9.90 Å². The van der Waals surface area contributed by atoms with Gasteiger partial charge in [0.1, 0.15) is 0 Å². The third-order valence-electron chi connectivity index (χ3n) is 5.35. The van der Waals surface area contributed by atoms with Gasteiger partial charge in [-0.25, -0.2) is 0 Å². The Bertz CT molecular complexity index is 328. The van der Waals surface area contributed by atoms with Crippen molar-refractivity contribution < 1.29 is 9.90 Å². The minimum Gasteiger partial charge on any atom is -0.481 e. The Balaban J connectivity index is 1.93. The van der Waals surface area contributed by atoms with Gasteiger partial charge < -0.3 is 5.11 Å². The van der Waals surface area contributed by atoms with E-state index in [1.54, 1.807) is 0 Å². The predicted octanol–water partition coefficient (Wildman–Crippen LogP) is 4.83. The van der Waals surface area contributed by atoms with Crippen LogP contribution >= 0.6 is 11.8 Å². The molecule has 0 saturated heterocycles. The van der Waals surface area contributed by atoms with Crippen LogP contribution < -0.4 is 0 Å². The van der Waals surface area contributed by atoms with E-state index in [2.05, 4.69) is 20.8 Å². The largest absolute Gasteiger partial charge is 0.481 e. The minimum atomic E-state index is -0.568. The van der Waals surface area contributed by atoms with Crippen LogP contribution in [0, 0.1) is 23.2 Å². The molecule has 116 valence electrons. The van der Waals surface area contributed by atoms with Gasteiger partial charge in [0.25, 0.3) is 0 Å². The summed E-state index contributed by atoms with van der Waals surface area (Å²) in [7, 11) is 0. The number of rotatable bonds is 4. The van der Waals surface area contributed by atoms with E-state index in [0.29, 0.717) is 16.6 Å². The van der Waals surface area contributed by atoms with Crippen molar-refractivity contribution >= 4 is 17.7 Å². The van der Waals surface area contributed by atoms with Crippen LogP contribution in [-0.4, -0.2) is 22.1 Å². The molecule has 0 heterocycles. The molecule has 1 N–H and O–H groups in total. The van der Waals surface area contributed by atoms with Crippen molar-refractivity contribution in [3.63, 3.8) is 0 Å². The van der Waals surface area contributed by atoms with E-state index >= 15 is 0 Å². The summed E-state index contributed by atoms with van der Waals surface area (Å²) >= 11 is 1.97. The fourth-order valence-corrected chi connectivity index (χ4v) is 5.53. The lowest BCUT2D eigenvalue weighted by molar-refractivity contribution is -0.143. The first kappa shape index (κ1) is 16.2. The number of carboxylic acids is 1. The SMILES string of the molecule is CC(C)(C)C1CCC(C(=O)O)C(SCC2CCCC2)C1. The zero-order valence-electron chi connectivity index (χ0n) is 13.2. The van der Waals surface area contributed by atoms with Gasteiger partial charge in [-0.3, -0.25) is 4.79 Å². The van der Waals surface area contributed by atoms with E-state index in [1.807, 2.05) is 11.8 Å². The molecule has 3 atom stereocenters. The van der Waals surface area contributed by atoms with Gasteiger partial charge in [-0.15, -0.1) is 0 Å². The van der Waals surface area contributed by atoms with Gasteiger partial charge >= 0.3 is 5.97 Å². The van der Waals surface area contributed by atoms with Gasteiger partial charge in [0.15, 0.2) is 0 Å². The summed E-state index contributed by atoms with van der Waals surface area (Å²) in [6, 6.07) is 0. The highest BCUT2D eigenvalue weighted by Gasteiger charge is 2.39. The average Bonchev–Trinajstić information content (AvgIpc) is 2.87. The maximum atomic E-state index is 11.5. The fourth-order valence-electron chi connectivity index (χ4n) is 3.82. The molecule has 2 saturated carbocycles. The van der Waals surface area contributed by atoms with Crippen molar-refractivity contribution in [2.24, 2.45) is 23.2 Å². The zero-order chi connectivity index (χ0) is 14.8. The van der Waals surface area contributed by atoms with Gasteiger partial charge in [0.05, 0.1) is 5.92 Å². The molecular weight excluding hydrogens is 268 g/mol. The van der Waals surface area contributed by atoms with Crippen LogP contribution in [0.15, 0.2) is 0 Å². The molecule has 0 amide bonds. The van der Waals surface area contributed by atoms with Gasteiger partial charge in [-0.2, -0.15) is 11.8 Å². The second-order valence-electron chi connectivity index (χ2n) is 7.84. The summed E-state index contributed by atoms with van der Waals surface area (Å²) < 4.78 is 0. The lowest BCUT2D eigenvalue weighted by Crippen LogP contribution is -2.37. The molecule has 0 bridgehead atoms. The monoisotopic (exact) mass is 298 g/mol. The maximum Gasteiger partial charge on any atom is 0.307 e. The molecule has 2 aliphatic carbocycles. The number of hydrogen-bond donors (Lipinski definition) is 1. The van der Waals surface area contributed by atoms with E-state index in [1.165, 1.54) is 31.4 Å². The number of aliphatic carboxylic acids is 1. The Morgan fingerprint density at radius 2 is 1.80 bits per heavy atom. The van der Waals surface area contributed by atoms with Crippen LogP contribution in [0.3, 0.4) is 0 Å². The zero-order valence-corrected chi connectivity index (χ0v) is 14.0. The Kier molecular flexibility index (Phi) is 5.44. The van der Waals surface area contributed by atoms with Crippen LogP contribution in [0.2, 0.25) is 0 Å².